The second-order valence-corrected chi connectivity index (χ2v) is 8.02. The van der Waals surface area contributed by atoms with Crippen molar-refractivity contribution in [3.63, 3.8) is 0 Å². The lowest BCUT2D eigenvalue weighted by molar-refractivity contribution is 0.0672. The van der Waals surface area contributed by atoms with Gasteiger partial charge in [0.15, 0.2) is 0 Å². The van der Waals surface area contributed by atoms with E-state index in [2.05, 4.69) is 16.8 Å². The van der Waals surface area contributed by atoms with Crippen molar-refractivity contribution in [3.8, 4) is 5.75 Å². The lowest BCUT2D eigenvalue weighted by atomic mass is 10.0. The molecule has 2 heterocycles. The molecule has 4 rings (SSSR count). The van der Waals surface area contributed by atoms with E-state index in [1.54, 1.807) is 19.2 Å². The molecule has 166 valence electrons. The van der Waals surface area contributed by atoms with Gasteiger partial charge in [0, 0.05) is 18.7 Å². The minimum atomic E-state index is -0.397. The van der Waals surface area contributed by atoms with Crippen molar-refractivity contribution >= 4 is 17.7 Å². The zero-order valence-corrected chi connectivity index (χ0v) is 18.2. The van der Waals surface area contributed by atoms with Crippen molar-refractivity contribution in [2.75, 3.05) is 33.3 Å². The van der Waals surface area contributed by atoms with Gasteiger partial charge in [0.2, 0.25) is 0 Å². The first-order valence-corrected chi connectivity index (χ1v) is 10.8. The van der Waals surface area contributed by atoms with E-state index in [9.17, 15) is 14.4 Å². The molecule has 2 aliphatic heterocycles. The molecule has 0 radical (unpaired) electrons. The number of amides is 3. The predicted molar refractivity (Wildman–Crippen MR) is 121 cm³/mol. The van der Waals surface area contributed by atoms with Crippen molar-refractivity contribution < 1.29 is 19.1 Å². The largest absolute Gasteiger partial charge is 0.497 e. The number of nitrogens with one attached hydrogen (secondary N) is 1. The fourth-order valence-corrected chi connectivity index (χ4v) is 4.38. The van der Waals surface area contributed by atoms with Crippen LogP contribution >= 0.6 is 0 Å². The van der Waals surface area contributed by atoms with Crippen LogP contribution in [0.25, 0.3) is 0 Å². The number of methoxy groups -OCH3 is 1. The molecule has 0 spiro atoms. The number of fused-ring (bicyclic) bond motifs is 1. The maximum atomic E-state index is 12.9. The first-order chi connectivity index (χ1) is 15.5. The third-order valence-corrected chi connectivity index (χ3v) is 6.06. The van der Waals surface area contributed by atoms with Gasteiger partial charge in [-0.3, -0.25) is 24.2 Å². The van der Waals surface area contributed by atoms with E-state index in [1.807, 2.05) is 24.3 Å². The van der Waals surface area contributed by atoms with Crippen LogP contribution in [0.5, 0.6) is 5.75 Å². The third-order valence-electron chi connectivity index (χ3n) is 6.06. The molecule has 7 heteroatoms. The molecule has 2 aliphatic rings. The molecular formula is C25H27N3O4. The van der Waals surface area contributed by atoms with Gasteiger partial charge in [-0.1, -0.05) is 18.2 Å². The second kappa shape index (κ2) is 9.36. The molecule has 1 saturated heterocycles. The number of carbonyl (C=O) groups excluding carboxylic acids is 3. The topological polar surface area (TPSA) is 79.0 Å². The van der Waals surface area contributed by atoms with Crippen LogP contribution in [0.3, 0.4) is 0 Å². The van der Waals surface area contributed by atoms with E-state index in [4.69, 9.17) is 4.74 Å². The van der Waals surface area contributed by atoms with E-state index in [-0.39, 0.29) is 30.0 Å². The second-order valence-electron chi connectivity index (χ2n) is 8.02. The Balaban J connectivity index is 1.51. The highest BCUT2D eigenvalue weighted by atomic mass is 16.5. The van der Waals surface area contributed by atoms with Crippen molar-refractivity contribution in [2.45, 2.75) is 18.9 Å². The molecule has 0 aliphatic carbocycles. The number of imide groups is 1. The Morgan fingerprint density at radius 2 is 1.88 bits per heavy atom. The van der Waals surface area contributed by atoms with Crippen LogP contribution in [0.15, 0.2) is 55.1 Å². The number of hydrogen-bond acceptors (Lipinski definition) is 5. The van der Waals surface area contributed by atoms with Crippen molar-refractivity contribution in [1.29, 1.82) is 0 Å². The third kappa shape index (κ3) is 4.16. The predicted octanol–water partition coefficient (Wildman–Crippen LogP) is 3.04. The van der Waals surface area contributed by atoms with E-state index < -0.39 is 5.91 Å². The van der Waals surface area contributed by atoms with Gasteiger partial charge < -0.3 is 10.1 Å². The fourth-order valence-electron chi connectivity index (χ4n) is 4.38. The standard InChI is InChI=1S/C25H27N3O4/c1-3-11-28-24(30)20-10-9-18(15-21(20)25(28)31)23(29)26-16-22(27-12-4-5-13-27)17-7-6-8-19(14-17)32-2/h3,6-10,14-15,22H,1,4-5,11-13,16H2,2H3,(H,26,29). The molecule has 0 aromatic heterocycles. The summed E-state index contributed by atoms with van der Waals surface area (Å²) in [6, 6.07) is 12.6. The van der Waals surface area contributed by atoms with Crippen LogP contribution in [-0.2, 0) is 0 Å². The molecule has 7 nitrogen and oxygen atoms in total. The van der Waals surface area contributed by atoms with Gasteiger partial charge in [-0.2, -0.15) is 0 Å². The molecule has 1 unspecified atom stereocenters. The molecule has 32 heavy (non-hydrogen) atoms. The van der Waals surface area contributed by atoms with Crippen molar-refractivity contribution in [3.05, 3.63) is 77.4 Å². The van der Waals surface area contributed by atoms with E-state index in [1.165, 1.54) is 12.1 Å². The van der Waals surface area contributed by atoms with Crippen LogP contribution in [0.4, 0.5) is 0 Å². The average molecular weight is 434 g/mol. The van der Waals surface area contributed by atoms with E-state index in [0.717, 1.165) is 42.1 Å². The van der Waals surface area contributed by atoms with Crippen molar-refractivity contribution in [1.82, 2.24) is 15.1 Å². The zero-order valence-electron chi connectivity index (χ0n) is 18.2. The Labute approximate surface area is 187 Å². The molecular weight excluding hydrogens is 406 g/mol. The Morgan fingerprint density at radius 3 is 2.59 bits per heavy atom. The lowest BCUT2D eigenvalue weighted by Crippen LogP contribution is -2.36. The molecule has 1 fully saturated rings. The quantitative estimate of drug-likeness (QED) is 0.511. The Hall–Kier alpha value is -3.45. The molecule has 3 amide bonds. The molecule has 2 aromatic carbocycles. The molecule has 2 aromatic rings. The summed E-state index contributed by atoms with van der Waals surface area (Å²) >= 11 is 0. The monoisotopic (exact) mass is 433 g/mol. The summed E-state index contributed by atoms with van der Waals surface area (Å²) in [6.45, 7) is 6.12. The lowest BCUT2D eigenvalue weighted by Gasteiger charge is -2.28. The first kappa shape index (κ1) is 21.8. The number of carbonyl (C=O) groups is 3. The summed E-state index contributed by atoms with van der Waals surface area (Å²) in [7, 11) is 1.64. The van der Waals surface area contributed by atoms with Gasteiger partial charge in [0.1, 0.15) is 5.75 Å². The summed E-state index contributed by atoms with van der Waals surface area (Å²) in [4.78, 5) is 41.4. The van der Waals surface area contributed by atoms with Crippen LogP contribution in [0, 0.1) is 0 Å². The number of hydrogen-bond donors (Lipinski definition) is 1. The number of nitrogens with zero attached hydrogens (tertiary/aromatic N) is 2. The maximum Gasteiger partial charge on any atom is 0.261 e. The summed E-state index contributed by atoms with van der Waals surface area (Å²) in [6.07, 6.45) is 3.78. The SMILES string of the molecule is C=CCN1C(=O)c2ccc(C(=O)NCC(c3cccc(OC)c3)N3CCCC3)cc2C1=O. The van der Waals surface area contributed by atoms with Crippen LogP contribution in [0.1, 0.15) is 55.5 Å². The van der Waals surface area contributed by atoms with E-state index in [0.29, 0.717) is 17.7 Å². The van der Waals surface area contributed by atoms with Gasteiger partial charge >= 0.3 is 0 Å². The first-order valence-electron chi connectivity index (χ1n) is 10.8. The maximum absolute atomic E-state index is 12.9. The minimum Gasteiger partial charge on any atom is -0.497 e. The fraction of sp³-hybridized carbons (Fsp3) is 0.320. The van der Waals surface area contributed by atoms with E-state index >= 15 is 0 Å². The number of rotatable bonds is 8. The van der Waals surface area contributed by atoms with Crippen molar-refractivity contribution in [2.24, 2.45) is 0 Å². The van der Waals surface area contributed by atoms with Crippen LogP contribution in [-0.4, -0.2) is 60.8 Å². The van der Waals surface area contributed by atoms with Crippen LogP contribution in [0.2, 0.25) is 0 Å². The van der Waals surface area contributed by atoms with Gasteiger partial charge in [0.05, 0.1) is 24.3 Å². The Morgan fingerprint density at radius 1 is 1.12 bits per heavy atom. The summed E-state index contributed by atoms with van der Waals surface area (Å²) in [5, 5.41) is 3.02. The number of likely N-dealkylation sites (tertiary alicyclic amines) is 1. The van der Waals surface area contributed by atoms with Gasteiger partial charge in [0.25, 0.3) is 17.7 Å². The number of ether oxygens (including phenoxy) is 1. The molecule has 1 atom stereocenters. The summed E-state index contributed by atoms with van der Waals surface area (Å²) in [5.74, 6) is -0.249. The zero-order chi connectivity index (χ0) is 22.7. The highest BCUT2D eigenvalue weighted by molar-refractivity contribution is 6.22. The summed E-state index contributed by atoms with van der Waals surface area (Å²) < 4.78 is 5.37. The Kier molecular flexibility index (Phi) is 6.37. The number of benzene rings is 2. The normalized spacial score (nSPS) is 16.7. The van der Waals surface area contributed by atoms with Gasteiger partial charge in [-0.05, 0) is 61.8 Å². The van der Waals surface area contributed by atoms with Crippen LogP contribution < -0.4 is 10.1 Å². The Bertz CT molecular complexity index is 1060. The highest BCUT2D eigenvalue weighted by Gasteiger charge is 2.35. The molecule has 1 N–H and O–H groups in total. The molecule has 0 bridgehead atoms. The minimum absolute atomic E-state index is 0.0252. The average Bonchev–Trinajstić information content (AvgIpc) is 3.43. The molecule has 0 saturated carbocycles. The highest BCUT2D eigenvalue weighted by Crippen LogP contribution is 2.28. The smallest absolute Gasteiger partial charge is 0.261 e. The summed E-state index contributed by atoms with van der Waals surface area (Å²) in [5.41, 5.74) is 2.02. The van der Waals surface area contributed by atoms with Gasteiger partial charge in [-0.25, -0.2) is 0 Å². The van der Waals surface area contributed by atoms with Gasteiger partial charge in [-0.15, -0.1) is 6.58 Å².